The molecule has 0 saturated carbocycles. The van der Waals surface area contributed by atoms with Crippen molar-refractivity contribution in [2.45, 2.75) is 16.9 Å². The summed E-state index contributed by atoms with van der Waals surface area (Å²) in [6.45, 7) is 0.810. The molecule has 112 valence electrons. The molecule has 21 heavy (non-hydrogen) atoms. The van der Waals surface area contributed by atoms with E-state index in [4.69, 9.17) is 14.2 Å². The lowest BCUT2D eigenvalue weighted by atomic mass is 9.96. The minimum absolute atomic E-state index is 0.0770. The Bertz CT molecular complexity index is 569. The van der Waals surface area contributed by atoms with Gasteiger partial charge in [0, 0.05) is 5.92 Å². The molecule has 1 aromatic rings. The molecule has 0 N–H and O–H groups in total. The second kappa shape index (κ2) is 5.32. The number of fused-ring (bicyclic) bond motifs is 1. The van der Waals surface area contributed by atoms with Gasteiger partial charge in [0.15, 0.2) is 11.5 Å². The van der Waals surface area contributed by atoms with Gasteiger partial charge in [0.05, 0.1) is 17.1 Å². The second-order valence-electron chi connectivity index (χ2n) is 5.37. The Morgan fingerprint density at radius 1 is 1.10 bits per heavy atom. The summed E-state index contributed by atoms with van der Waals surface area (Å²) in [7, 11) is 0. The van der Waals surface area contributed by atoms with E-state index in [0.717, 1.165) is 23.0 Å². The summed E-state index contributed by atoms with van der Waals surface area (Å²) in [5, 5.41) is 0. The zero-order valence-electron chi connectivity index (χ0n) is 11.5. The topological polar surface area (TPSA) is 44.8 Å². The molecule has 0 aromatic heterocycles. The fourth-order valence-electron chi connectivity index (χ4n) is 3.06. The van der Waals surface area contributed by atoms with Crippen molar-refractivity contribution in [2.24, 2.45) is 5.92 Å². The summed E-state index contributed by atoms with van der Waals surface area (Å²) in [4.78, 5) is 11.6. The van der Waals surface area contributed by atoms with E-state index in [2.05, 4.69) is 12.1 Å². The van der Waals surface area contributed by atoms with Crippen molar-refractivity contribution in [3.05, 3.63) is 23.8 Å². The van der Waals surface area contributed by atoms with E-state index in [-0.39, 0.29) is 22.8 Å². The van der Waals surface area contributed by atoms with Gasteiger partial charge in [-0.15, -0.1) is 23.5 Å². The average Bonchev–Trinajstić information content (AvgIpc) is 3.16. The number of benzene rings is 1. The van der Waals surface area contributed by atoms with Gasteiger partial charge in [-0.25, -0.2) is 0 Å². The highest BCUT2D eigenvalue weighted by Gasteiger charge is 2.47. The summed E-state index contributed by atoms with van der Waals surface area (Å²) < 4.78 is 16.1. The van der Waals surface area contributed by atoms with Gasteiger partial charge in [0.2, 0.25) is 6.79 Å². The van der Waals surface area contributed by atoms with E-state index in [0.29, 0.717) is 13.0 Å². The fourth-order valence-corrected chi connectivity index (χ4v) is 6.62. The van der Waals surface area contributed by atoms with E-state index in [1.165, 1.54) is 12.0 Å². The van der Waals surface area contributed by atoms with Crippen LogP contribution >= 0.6 is 23.5 Å². The Morgan fingerprint density at radius 2 is 1.90 bits per heavy atom. The molecule has 4 rings (SSSR count). The quantitative estimate of drug-likeness (QED) is 0.779. The second-order valence-corrected chi connectivity index (χ2v) is 8.31. The Hall–Kier alpha value is -1.01. The van der Waals surface area contributed by atoms with Crippen LogP contribution in [0.1, 0.15) is 18.4 Å². The molecular formula is C15H16O4S2. The first kappa shape index (κ1) is 13.6. The molecule has 1 atom stereocenters. The zero-order valence-corrected chi connectivity index (χ0v) is 13.1. The van der Waals surface area contributed by atoms with E-state index in [1.807, 2.05) is 29.6 Å². The predicted octanol–water partition coefficient (Wildman–Crippen LogP) is 3.00. The molecule has 3 aliphatic rings. The van der Waals surface area contributed by atoms with E-state index < -0.39 is 0 Å². The van der Waals surface area contributed by atoms with Gasteiger partial charge in [0.1, 0.15) is 0 Å². The minimum atomic E-state index is -0.106. The van der Waals surface area contributed by atoms with E-state index in [9.17, 15) is 4.79 Å². The molecule has 2 fully saturated rings. The number of ether oxygens (including phenoxy) is 3. The third-order valence-corrected chi connectivity index (χ3v) is 7.78. The van der Waals surface area contributed by atoms with Gasteiger partial charge >= 0.3 is 5.97 Å². The van der Waals surface area contributed by atoms with Gasteiger partial charge in [-0.3, -0.25) is 4.79 Å². The van der Waals surface area contributed by atoms with Crippen LogP contribution in [0.25, 0.3) is 0 Å². The van der Waals surface area contributed by atoms with Crippen LogP contribution in [0.2, 0.25) is 0 Å². The van der Waals surface area contributed by atoms with Gasteiger partial charge in [-0.2, -0.15) is 0 Å². The molecule has 1 unspecified atom stereocenters. The monoisotopic (exact) mass is 324 g/mol. The Kier molecular flexibility index (Phi) is 3.46. The number of hydrogen-bond acceptors (Lipinski definition) is 6. The highest BCUT2D eigenvalue weighted by molar-refractivity contribution is 8.18. The van der Waals surface area contributed by atoms with Crippen LogP contribution in [0.4, 0.5) is 0 Å². The lowest BCUT2D eigenvalue weighted by Crippen LogP contribution is -2.32. The number of carbonyl (C=O) groups excluding carboxylic acids is 1. The minimum Gasteiger partial charge on any atom is -0.465 e. The van der Waals surface area contributed by atoms with Crippen LogP contribution in [0, 0.1) is 5.92 Å². The molecule has 0 aliphatic carbocycles. The molecule has 4 nitrogen and oxygen atoms in total. The number of rotatable bonds is 2. The molecular weight excluding hydrogens is 308 g/mol. The van der Waals surface area contributed by atoms with Crippen molar-refractivity contribution < 1.29 is 19.0 Å². The predicted molar refractivity (Wildman–Crippen MR) is 82.8 cm³/mol. The standard InChI is InChI=1S/C15H16O4S2/c16-14-7-11(8-17-14)15(20-4-1-5-21-15)10-2-3-12-13(6-10)19-9-18-12/h2-3,6,11H,1,4-5,7-9H2. The maximum Gasteiger partial charge on any atom is 0.306 e. The van der Waals surface area contributed by atoms with Crippen molar-refractivity contribution in [1.82, 2.24) is 0 Å². The third-order valence-electron chi connectivity index (χ3n) is 4.09. The van der Waals surface area contributed by atoms with Crippen LogP contribution in [0.15, 0.2) is 18.2 Å². The molecule has 2 saturated heterocycles. The van der Waals surface area contributed by atoms with Crippen molar-refractivity contribution in [2.75, 3.05) is 24.9 Å². The van der Waals surface area contributed by atoms with Crippen LogP contribution in [0.3, 0.4) is 0 Å². The summed E-state index contributed by atoms with van der Waals surface area (Å²) in [5.74, 6) is 3.99. The molecule has 6 heteroatoms. The number of cyclic esters (lactones) is 1. The van der Waals surface area contributed by atoms with Crippen molar-refractivity contribution in [3.8, 4) is 11.5 Å². The first-order valence-corrected chi connectivity index (χ1v) is 9.09. The Morgan fingerprint density at radius 3 is 2.67 bits per heavy atom. The maximum absolute atomic E-state index is 11.6. The highest BCUT2D eigenvalue weighted by atomic mass is 32.2. The zero-order chi connectivity index (χ0) is 14.3. The van der Waals surface area contributed by atoms with E-state index in [1.54, 1.807) is 0 Å². The van der Waals surface area contributed by atoms with E-state index >= 15 is 0 Å². The molecule has 3 aliphatic heterocycles. The molecule has 3 heterocycles. The fraction of sp³-hybridized carbons (Fsp3) is 0.533. The lowest BCUT2D eigenvalue weighted by Gasteiger charge is -2.40. The largest absolute Gasteiger partial charge is 0.465 e. The molecule has 1 aromatic carbocycles. The summed E-state index contributed by atoms with van der Waals surface area (Å²) >= 11 is 3.89. The summed E-state index contributed by atoms with van der Waals surface area (Å²) in [5.41, 5.74) is 1.21. The van der Waals surface area contributed by atoms with Gasteiger partial charge < -0.3 is 14.2 Å². The number of esters is 1. The van der Waals surface area contributed by atoms with Crippen molar-refractivity contribution in [1.29, 1.82) is 0 Å². The van der Waals surface area contributed by atoms with Crippen molar-refractivity contribution >= 4 is 29.5 Å². The first-order chi connectivity index (χ1) is 10.3. The van der Waals surface area contributed by atoms with Crippen LogP contribution in [-0.4, -0.2) is 30.9 Å². The first-order valence-electron chi connectivity index (χ1n) is 7.11. The lowest BCUT2D eigenvalue weighted by molar-refractivity contribution is -0.137. The smallest absolute Gasteiger partial charge is 0.306 e. The van der Waals surface area contributed by atoms with Crippen LogP contribution in [-0.2, 0) is 13.6 Å². The normalized spacial score (nSPS) is 26.7. The van der Waals surface area contributed by atoms with Crippen LogP contribution in [0.5, 0.6) is 11.5 Å². The molecule has 0 spiro atoms. The molecule has 0 bridgehead atoms. The Labute approximate surface area is 131 Å². The van der Waals surface area contributed by atoms with Crippen LogP contribution < -0.4 is 9.47 Å². The maximum atomic E-state index is 11.6. The number of thioether (sulfide) groups is 2. The summed E-state index contributed by atoms with van der Waals surface area (Å²) in [6.07, 6.45) is 1.72. The molecule has 0 amide bonds. The Balaban J connectivity index is 1.73. The van der Waals surface area contributed by atoms with Gasteiger partial charge in [0.25, 0.3) is 0 Å². The number of hydrogen-bond donors (Lipinski definition) is 0. The third kappa shape index (κ3) is 2.28. The summed E-state index contributed by atoms with van der Waals surface area (Å²) in [6, 6.07) is 6.17. The van der Waals surface area contributed by atoms with Crippen molar-refractivity contribution in [3.63, 3.8) is 0 Å². The molecule has 0 radical (unpaired) electrons. The number of carbonyl (C=O) groups is 1. The van der Waals surface area contributed by atoms with Gasteiger partial charge in [-0.05, 0) is 35.6 Å². The van der Waals surface area contributed by atoms with Gasteiger partial charge in [-0.1, -0.05) is 6.07 Å². The SMILES string of the molecule is O=C1CC(C2(c3ccc4c(c3)OCO4)SCCCS2)CO1. The average molecular weight is 324 g/mol. The highest BCUT2D eigenvalue weighted by Crippen LogP contribution is 2.58.